The highest BCUT2D eigenvalue weighted by molar-refractivity contribution is 6.46. The Morgan fingerprint density at radius 3 is 2.44 bits per heavy atom. The number of nitrogens with zero attached hydrogens (tertiary/aromatic N) is 2. The monoisotopic (exact) mass is 488 g/mol. The first-order chi connectivity index (χ1) is 17.4. The number of amides is 1. The van der Waals surface area contributed by atoms with Crippen molar-refractivity contribution in [3.05, 3.63) is 77.4 Å². The van der Waals surface area contributed by atoms with Crippen LogP contribution in [0.25, 0.3) is 16.5 Å². The zero-order valence-corrected chi connectivity index (χ0v) is 20.9. The Morgan fingerprint density at radius 2 is 1.72 bits per heavy atom. The van der Waals surface area contributed by atoms with E-state index >= 15 is 0 Å². The summed E-state index contributed by atoms with van der Waals surface area (Å²) in [6.07, 6.45) is 0. The summed E-state index contributed by atoms with van der Waals surface area (Å²) in [4.78, 5) is 30.4. The molecule has 0 spiro atoms. The number of likely N-dealkylation sites (N-methyl/N-ethyl adjacent to an activating group) is 1. The van der Waals surface area contributed by atoms with Gasteiger partial charge in [-0.3, -0.25) is 9.59 Å². The number of hydrogen-bond acceptors (Lipinski definition) is 6. The number of hydrogen-bond donors (Lipinski definition) is 2. The Labute approximate surface area is 211 Å². The van der Waals surface area contributed by atoms with Gasteiger partial charge >= 0.3 is 0 Å². The number of benzene rings is 3. The molecule has 7 nitrogen and oxygen atoms in total. The van der Waals surface area contributed by atoms with E-state index in [1.165, 1.54) is 11.0 Å². The summed E-state index contributed by atoms with van der Waals surface area (Å²) in [7, 11) is 0. The minimum absolute atomic E-state index is 0.0315. The molecule has 7 heteroatoms. The third-order valence-electron chi connectivity index (χ3n) is 6.74. The average Bonchev–Trinajstić information content (AvgIpc) is 3.15. The highest BCUT2D eigenvalue weighted by atomic mass is 16.5. The standard InChI is InChI=1S/C29H32N2O5/c1-4-30(5-2)16-17-31-26(20-14-15-23(32)24(18-20)36-6-3)25(28(34)29(31)35)27(33)22-13-9-11-19-10-7-8-12-21(19)22/h7-15,18,26,32-33H,4-6,16-17H2,1-3H3/b27-25+. The molecule has 0 saturated carbocycles. The van der Waals surface area contributed by atoms with E-state index in [4.69, 9.17) is 4.74 Å². The first-order valence-electron chi connectivity index (χ1n) is 12.4. The van der Waals surface area contributed by atoms with Crippen molar-refractivity contribution in [1.82, 2.24) is 9.80 Å². The lowest BCUT2D eigenvalue weighted by atomic mass is 9.93. The Kier molecular flexibility index (Phi) is 7.60. The molecular weight excluding hydrogens is 456 g/mol. The van der Waals surface area contributed by atoms with E-state index in [9.17, 15) is 19.8 Å². The second-order valence-corrected chi connectivity index (χ2v) is 8.71. The number of phenols is 1. The molecule has 1 heterocycles. The number of ketones is 1. The number of ether oxygens (including phenoxy) is 1. The highest BCUT2D eigenvalue weighted by Gasteiger charge is 2.46. The van der Waals surface area contributed by atoms with Crippen molar-refractivity contribution >= 4 is 28.2 Å². The van der Waals surface area contributed by atoms with Crippen LogP contribution in [-0.2, 0) is 9.59 Å². The molecule has 1 fully saturated rings. The molecule has 1 saturated heterocycles. The molecule has 0 aliphatic carbocycles. The predicted octanol–water partition coefficient (Wildman–Crippen LogP) is 4.71. The number of aliphatic hydroxyl groups is 1. The molecule has 1 unspecified atom stereocenters. The van der Waals surface area contributed by atoms with Crippen molar-refractivity contribution in [2.24, 2.45) is 0 Å². The van der Waals surface area contributed by atoms with Crippen LogP contribution in [-0.4, -0.2) is 64.5 Å². The van der Waals surface area contributed by atoms with Crippen LogP contribution in [0.1, 0.15) is 37.9 Å². The van der Waals surface area contributed by atoms with Crippen LogP contribution in [0, 0.1) is 0 Å². The number of fused-ring (bicyclic) bond motifs is 1. The number of likely N-dealkylation sites (tertiary alicyclic amines) is 1. The van der Waals surface area contributed by atoms with Crippen molar-refractivity contribution in [2.45, 2.75) is 26.8 Å². The van der Waals surface area contributed by atoms with E-state index in [2.05, 4.69) is 4.90 Å². The summed E-state index contributed by atoms with van der Waals surface area (Å²) in [5.74, 6) is -1.37. The van der Waals surface area contributed by atoms with E-state index in [-0.39, 0.29) is 22.8 Å². The molecule has 1 atom stereocenters. The lowest BCUT2D eigenvalue weighted by Gasteiger charge is -2.28. The van der Waals surface area contributed by atoms with Gasteiger partial charge in [-0.1, -0.05) is 62.4 Å². The first-order valence-corrected chi connectivity index (χ1v) is 12.4. The maximum Gasteiger partial charge on any atom is 0.295 e. The van der Waals surface area contributed by atoms with Gasteiger partial charge in [0.2, 0.25) is 0 Å². The van der Waals surface area contributed by atoms with Crippen molar-refractivity contribution in [2.75, 3.05) is 32.8 Å². The molecule has 188 valence electrons. The van der Waals surface area contributed by atoms with Gasteiger partial charge in [-0.25, -0.2) is 0 Å². The summed E-state index contributed by atoms with van der Waals surface area (Å²) in [5, 5.41) is 23.5. The summed E-state index contributed by atoms with van der Waals surface area (Å²) >= 11 is 0. The van der Waals surface area contributed by atoms with Gasteiger partial charge in [-0.05, 0) is 48.5 Å². The highest BCUT2D eigenvalue weighted by Crippen LogP contribution is 2.42. The minimum Gasteiger partial charge on any atom is -0.507 e. The Bertz CT molecular complexity index is 1310. The average molecular weight is 489 g/mol. The van der Waals surface area contributed by atoms with E-state index in [1.54, 1.807) is 18.2 Å². The smallest absolute Gasteiger partial charge is 0.295 e. The third kappa shape index (κ3) is 4.66. The largest absolute Gasteiger partial charge is 0.507 e. The summed E-state index contributed by atoms with van der Waals surface area (Å²) in [6, 6.07) is 17.0. The van der Waals surface area contributed by atoms with Crippen molar-refractivity contribution < 1.29 is 24.5 Å². The van der Waals surface area contributed by atoms with Gasteiger partial charge in [0.25, 0.3) is 11.7 Å². The van der Waals surface area contributed by atoms with Gasteiger partial charge in [0, 0.05) is 18.7 Å². The van der Waals surface area contributed by atoms with Crippen LogP contribution >= 0.6 is 0 Å². The first kappa shape index (κ1) is 25.3. The molecule has 0 aromatic heterocycles. The molecule has 2 N–H and O–H groups in total. The lowest BCUT2D eigenvalue weighted by molar-refractivity contribution is -0.140. The maximum absolute atomic E-state index is 13.4. The fourth-order valence-electron chi connectivity index (χ4n) is 4.80. The number of aliphatic hydroxyl groups excluding tert-OH is 1. The van der Waals surface area contributed by atoms with Crippen LogP contribution in [0.15, 0.2) is 66.2 Å². The van der Waals surface area contributed by atoms with Crippen molar-refractivity contribution in [1.29, 1.82) is 0 Å². The molecule has 1 aliphatic heterocycles. The lowest BCUT2D eigenvalue weighted by Crippen LogP contribution is -2.38. The van der Waals surface area contributed by atoms with Crippen LogP contribution in [0.2, 0.25) is 0 Å². The summed E-state index contributed by atoms with van der Waals surface area (Å²) in [6.45, 7) is 8.77. The van der Waals surface area contributed by atoms with Gasteiger partial charge in [0.05, 0.1) is 18.2 Å². The van der Waals surface area contributed by atoms with E-state index in [0.29, 0.717) is 30.8 Å². The quantitative estimate of drug-likeness (QED) is 0.258. The van der Waals surface area contributed by atoms with Gasteiger partial charge in [0.15, 0.2) is 11.5 Å². The van der Waals surface area contributed by atoms with Gasteiger partial charge in [-0.2, -0.15) is 0 Å². The zero-order valence-electron chi connectivity index (χ0n) is 20.9. The predicted molar refractivity (Wildman–Crippen MR) is 140 cm³/mol. The number of rotatable bonds is 9. The fraction of sp³-hybridized carbons (Fsp3) is 0.310. The number of carbonyl (C=O) groups is 2. The molecule has 1 amide bonds. The number of Topliss-reactive ketones (excluding diaryl/α,β-unsaturated/α-hetero) is 1. The Hall–Kier alpha value is -3.84. The number of aromatic hydroxyl groups is 1. The van der Waals surface area contributed by atoms with Crippen molar-refractivity contribution in [3.63, 3.8) is 0 Å². The second-order valence-electron chi connectivity index (χ2n) is 8.71. The Balaban J connectivity index is 1.89. The third-order valence-corrected chi connectivity index (χ3v) is 6.74. The van der Waals surface area contributed by atoms with Gasteiger partial charge in [-0.15, -0.1) is 0 Å². The molecular formula is C29H32N2O5. The van der Waals surface area contributed by atoms with E-state index < -0.39 is 17.7 Å². The van der Waals surface area contributed by atoms with Crippen LogP contribution in [0.5, 0.6) is 11.5 Å². The molecule has 36 heavy (non-hydrogen) atoms. The van der Waals surface area contributed by atoms with Gasteiger partial charge < -0.3 is 24.7 Å². The fourth-order valence-corrected chi connectivity index (χ4v) is 4.80. The molecule has 1 aliphatic rings. The molecule has 4 rings (SSSR count). The van der Waals surface area contributed by atoms with Crippen molar-refractivity contribution in [3.8, 4) is 11.5 Å². The molecule has 3 aromatic carbocycles. The normalized spacial score (nSPS) is 17.3. The second kappa shape index (κ2) is 10.8. The minimum atomic E-state index is -0.820. The van der Waals surface area contributed by atoms with E-state index in [1.807, 2.05) is 57.2 Å². The number of phenolic OH excluding ortho intramolecular Hbond substituents is 1. The van der Waals surface area contributed by atoms with Gasteiger partial charge in [0.1, 0.15) is 5.76 Å². The molecule has 0 bridgehead atoms. The zero-order chi connectivity index (χ0) is 25.8. The molecule has 0 radical (unpaired) electrons. The van der Waals surface area contributed by atoms with E-state index in [0.717, 1.165) is 23.9 Å². The van der Waals surface area contributed by atoms with Crippen LogP contribution < -0.4 is 4.74 Å². The SMILES string of the molecule is CCOc1cc(C2/C(=C(\O)c3cccc4ccccc34)C(=O)C(=O)N2CCN(CC)CC)ccc1O. The van der Waals surface area contributed by atoms with Crippen LogP contribution in [0.3, 0.4) is 0 Å². The molecule has 3 aromatic rings. The number of carbonyl (C=O) groups excluding carboxylic acids is 2. The Morgan fingerprint density at radius 1 is 1.00 bits per heavy atom. The van der Waals surface area contributed by atoms with Crippen LogP contribution in [0.4, 0.5) is 0 Å². The summed E-state index contributed by atoms with van der Waals surface area (Å²) < 4.78 is 5.57. The maximum atomic E-state index is 13.4. The summed E-state index contributed by atoms with van der Waals surface area (Å²) in [5.41, 5.74) is 1.10. The topological polar surface area (TPSA) is 90.3 Å².